The first-order valence-corrected chi connectivity index (χ1v) is 14.1. The summed E-state index contributed by atoms with van der Waals surface area (Å²) in [6.45, 7) is 10.4. The van der Waals surface area contributed by atoms with E-state index >= 15 is 0 Å². The predicted molar refractivity (Wildman–Crippen MR) is 137 cm³/mol. The van der Waals surface area contributed by atoms with E-state index in [2.05, 4.69) is 24.0 Å². The van der Waals surface area contributed by atoms with Crippen molar-refractivity contribution in [3.63, 3.8) is 0 Å². The fraction of sp³-hybridized carbons (Fsp3) is 0.440. The Balaban J connectivity index is 1.62. The van der Waals surface area contributed by atoms with Gasteiger partial charge in [-0.15, -0.1) is 0 Å². The summed E-state index contributed by atoms with van der Waals surface area (Å²) in [5.41, 5.74) is 3.60. The van der Waals surface area contributed by atoms with E-state index in [4.69, 9.17) is 9.72 Å². The van der Waals surface area contributed by atoms with Crippen LogP contribution in [0.1, 0.15) is 34.8 Å². The van der Waals surface area contributed by atoms with E-state index in [9.17, 15) is 13.2 Å². The Morgan fingerprint density at radius 2 is 1.76 bits per heavy atom. The van der Waals surface area contributed by atoms with Crippen LogP contribution in [0.2, 0.25) is 0 Å². The van der Waals surface area contributed by atoms with E-state index in [1.165, 1.54) is 23.5 Å². The lowest BCUT2D eigenvalue weighted by Crippen LogP contribution is -2.39. The van der Waals surface area contributed by atoms with Crippen LogP contribution in [0.15, 0.2) is 41.3 Å². The molecule has 34 heavy (non-hydrogen) atoms. The highest BCUT2D eigenvalue weighted by Gasteiger charge is 2.23. The standard InChI is InChI=1S/C25H31N3O4S2/c1-4-34(30,31)21-10-8-20(9-11-21)24(29)28(13-5-12-27-14-16-32-17-15-27)25-26-22-18(2)6-7-19(3)23(22)33-25/h6-11H,4-5,12-17H2,1-3H3. The smallest absolute Gasteiger partial charge is 0.260 e. The molecule has 1 fully saturated rings. The van der Waals surface area contributed by atoms with Gasteiger partial charge in [0.1, 0.15) is 0 Å². The van der Waals surface area contributed by atoms with Crippen molar-refractivity contribution in [1.29, 1.82) is 0 Å². The Kier molecular flexibility index (Phi) is 7.67. The molecule has 0 spiro atoms. The quantitative estimate of drug-likeness (QED) is 0.463. The molecular weight excluding hydrogens is 470 g/mol. The molecule has 1 saturated heterocycles. The van der Waals surface area contributed by atoms with Crippen molar-refractivity contribution >= 4 is 42.4 Å². The second kappa shape index (κ2) is 10.5. The van der Waals surface area contributed by atoms with Crippen LogP contribution in [0.4, 0.5) is 5.13 Å². The number of benzene rings is 2. The van der Waals surface area contributed by atoms with Crippen LogP contribution < -0.4 is 4.90 Å². The average molecular weight is 502 g/mol. The number of rotatable bonds is 8. The van der Waals surface area contributed by atoms with Crippen molar-refractivity contribution < 1.29 is 17.9 Å². The Hall–Kier alpha value is -2.33. The molecule has 0 radical (unpaired) electrons. The fourth-order valence-electron chi connectivity index (χ4n) is 4.05. The van der Waals surface area contributed by atoms with Gasteiger partial charge in [-0.25, -0.2) is 13.4 Å². The molecule has 0 aliphatic carbocycles. The number of hydrogen-bond acceptors (Lipinski definition) is 7. The van der Waals surface area contributed by atoms with Crippen molar-refractivity contribution in [3.05, 3.63) is 53.1 Å². The number of ether oxygens (including phenoxy) is 1. The molecule has 182 valence electrons. The van der Waals surface area contributed by atoms with Gasteiger partial charge in [-0.1, -0.05) is 30.4 Å². The number of aryl methyl sites for hydroxylation is 2. The third kappa shape index (κ3) is 5.33. The van der Waals surface area contributed by atoms with Gasteiger partial charge in [0, 0.05) is 31.7 Å². The highest BCUT2D eigenvalue weighted by molar-refractivity contribution is 7.91. The summed E-state index contributed by atoms with van der Waals surface area (Å²) < 4.78 is 30.9. The van der Waals surface area contributed by atoms with Gasteiger partial charge in [-0.3, -0.25) is 14.6 Å². The summed E-state index contributed by atoms with van der Waals surface area (Å²) in [5.74, 6) is -0.143. The molecule has 1 aromatic heterocycles. The zero-order chi connectivity index (χ0) is 24.3. The van der Waals surface area contributed by atoms with Gasteiger partial charge in [0.2, 0.25) is 0 Å². The van der Waals surface area contributed by atoms with Crippen molar-refractivity contribution in [1.82, 2.24) is 9.88 Å². The van der Waals surface area contributed by atoms with Crippen LogP contribution in [0.3, 0.4) is 0 Å². The van der Waals surface area contributed by atoms with Gasteiger partial charge in [0.15, 0.2) is 15.0 Å². The van der Waals surface area contributed by atoms with E-state index in [-0.39, 0.29) is 16.6 Å². The third-order valence-corrected chi connectivity index (χ3v) is 9.17. The number of aromatic nitrogens is 1. The van der Waals surface area contributed by atoms with Crippen LogP contribution in [0, 0.1) is 13.8 Å². The molecule has 0 unspecified atom stereocenters. The second-order valence-corrected chi connectivity index (χ2v) is 11.8. The molecule has 1 aliphatic heterocycles. The maximum absolute atomic E-state index is 13.6. The van der Waals surface area contributed by atoms with Crippen LogP contribution in [-0.2, 0) is 14.6 Å². The summed E-state index contributed by atoms with van der Waals surface area (Å²) in [4.78, 5) is 22.8. The maximum Gasteiger partial charge on any atom is 0.260 e. The van der Waals surface area contributed by atoms with Crippen molar-refractivity contribution in [2.75, 3.05) is 50.0 Å². The summed E-state index contributed by atoms with van der Waals surface area (Å²) in [6.07, 6.45) is 0.807. The molecule has 3 aromatic rings. The third-order valence-electron chi connectivity index (χ3n) is 6.21. The number of morpholine rings is 1. The maximum atomic E-state index is 13.6. The minimum atomic E-state index is -3.32. The van der Waals surface area contributed by atoms with Gasteiger partial charge < -0.3 is 4.74 Å². The molecule has 1 amide bonds. The zero-order valence-electron chi connectivity index (χ0n) is 19.9. The first-order chi connectivity index (χ1) is 16.3. The molecule has 1 aliphatic rings. The number of nitrogens with zero attached hydrogens (tertiary/aromatic N) is 3. The Bertz CT molecular complexity index is 1220. The van der Waals surface area contributed by atoms with Crippen LogP contribution in [0.5, 0.6) is 0 Å². The number of fused-ring (bicyclic) bond motifs is 1. The van der Waals surface area contributed by atoms with Gasteiger partial charge in [-0.05, 0) is 55.7 Å². The van der Waals surface area contributed by atoms with E-state index in [1.54, 1.807) is 24.0 Å². The lowest BCUT2D eigenvalue weighted by molar-refractivity contribution is 0.0376. The molecule has 0 saturated carbocycles. The first kappa shape index (κ1) is 24.8. The van der Waals surface area contributed by atoms with Gasteiger partial charge in [0.25, 0.3) is 5.91 Å². The second-order valence-electron chi connectivity index (χ2n) is 8.57. The molecule has 9 heteroatoms. The van der Waals surface area contributed by atoms with Crippen molar-refractivity contribution in [3.8, 4) is 0 Å². The monoisotopic (exact) mass is 501 g/mol. The highest BCUT2D eigenvalue weighted by atomic mass is 32.2. The molecule has 2 heterocycles. The SMILES string of the molecule is CCS(=O)(=O)c1ccc(C(=O)N(CCCN2CCOCC2)c2nc3c(C)ccc(C)c3s2)cc1. The summed E-state index contributed by atoms with van der Waals surface area (Å²) in [5, 5.41) is 0.671. The highest BCUT2D eigenvalue weighted by Crippen LogP contribution is 2.34. The van der Waals surface area contributed by atoms with Crippen LogP contribution in [0.25, 0.3) is 10.2 Å². The minimum Gasteiger partial charge on any atom is -0.379 e. The summed E-state index contributed by atoms with van der Waals surface area (Å²) in [7, 11) is -3.32. The van der Waals surface area contributed by atoms with E-state index in [1.807, 2.05) is 6.92 Å². The number of hydrogen-bond donors (Lipinski definition) is 0. The number of thiazole rings is 1. The van der Waals surface area contributed by atoms with E-state index in [0.29, 0.717) is 17.2 Å². The number of anilines is 1. The Labute approximate surface area is 205 Å². The van der Waals surface area contributed by atoms with Gasteiger partial charge in [-0.2, -0.15) is 0 Å². The zero-order valence-corrected chi connectivity index (χ0v) is 21.5. The number of carbonyl (C=O) groups excluding carboxylic acids is 1. The number of amides is 1. The van der Waals surface area contributed by atoms with Crippen LogP contribution >= 0.6 is 11.3 Å². The largest absolute Gasteiger partial charge is 0.379 e. The summed E-state index contributed by atoms with van der Waals surface area (Å²) >= 11 is 1.53. The molecule has 0 atom stereocenters. The lowest BCUT2D eigenvalue weighted by atomic mass is 10.1. The molecule has 4 rings (SSSR count). The molecule has 0 bridgehead atoms. The predicted octanol–water partition coefficient (Wildman–Crippen LogP) is 4.08. The molecule has 0 N–H and O–H groups in total. The van der Waals surface area contributed by atoms with Crippen molar-refractivity contribution in [2.45, 2.75) is 32.1 Å². The van der Waals surface area contributed by atoms with E-state index < -0.39 is 9.84 Å². The number of carbonyl (C=O) groups is 1. The fourth-order valence-corrected chi connectivity index (χ4v) is 6.07. The van der Waals surface area contributed by atoms with E-state index in [0.717, 1.165) is 60.6 Å². The lowest BCUT2D eigenvalue weighted by Gasteiger charge is -2.27. The normalized spacial score (nSPS) is 15.0. The minimum absolute atomic E-state index is 0.0262. The number of sulfone groups is 1. The molecular formula is C25H31N3O4S2. The van der Waals surface area contributed by atoms with Crippen LogP contribution in [-0.4, -0.2) is 69.4 Å². The molecule has 7 nitrogen and oxygen atoms in total. The van der Waals surface area contributed by atoms with Gasteiger partial charge in [0.05, 0.1) is 34.1 Å². The Morgan fingerprint density at radius 1 is 1.09 bits per heavy atom. The Morgan fingerprint density at radius 3 is 2.41 bits per heavy atom. The first-order valence-electron chi connectivity index (χ1n) is 11.6. The van der Waals surface area contributed by atoms with Gasteiger partial charge >= 0.3 is 0 Å². The topological polar surface area (TPSA) is 79.8 Å². The average Bonchev–Trinajstić information content (AvgIpc) is 3.31. The summed E-state index contributed by atoms with van der Waals surface area (Å²) in [6, 6.07) is 10.4. The van der Waals surface area contributed by atoms with Crippen molar-refractivity contribution in [2.24, 2.45) is 0 Å². The molecule has 2 aromatic carbocycles.